The molecule has 8 heteroatoms. The number of amides is 1. The summed E-state index contributed by atoms with van der Waals surface area (Å²) in [5.74, 6) is -0.643. The number of nitrogens with zero attached hydrogens (tertiary/aromatic N) is 1. The Balaban J connectivity index is 1.84. The molecule has 134 valence electrons. The number of hydrogen-bond acceptors (Lipinski definition) is 3. The van der Waals surface area contributed by atoms with Crippen LogP contribution >= 0.6 is 11.6 Å². The molecule has 2 aromatic carbocycles. The maximum absolute atomic E-state index is 12.8. The quantitative estimate of drug-likeness (QED) is 0.794. The van der Waals surface area contributed by atoms with E-state index in [0.29, 0.717) is 17.1 Å². The molecule has 0 unspecified atom stereocenters. The number of benzene rings is 2. The largest absolute Gasteiger partial charge is 0.326 e. The van der Waals surface area contributed by atoms with E-state index in [0.717, 1.165) is 0 Å². The molecule has 1 N–H and O–H groups in total. The zero-order valence-corrected chi connectivity index (χ0v) is 15.1. The molecule has 0 aliphatic heterocycles. The molecule has 0 aliphatic rings. The van der Waals surface area contributed by atoms with Gasteiger partial charge in [-0.3, -0.25) is 4.79 Å². The minimum absolute atomic E-state index is 0.148. The molecule has 0 aliphatic carbocycles. The number of sulfonamides is 1. The van der Waals surface area contributed by atoms with E-state index in [2.05, 4.69) is 5.32 Å². The topological polar surface area (TPSA) is 66.5 Å². The van der Waals surface area contributed by atoms with Gasteiger partial charge >= 0.3 is 0 Å². The summed E-state index contributed by atoms with van der Waals surface area (Å²) in [6, 6.07) is 11.3. The van der Waals surface area contributed by atoms with Crippen LogP contribution in [-0.2, 0) is 14.8 Å². The summed E-state index contributed by atoms with van der Waals surface area (Å²) in [5.41, 5.74) is 0.494. The first-order valence-electron chi connectivity index (χ1n) is 7.56. The maximum atomic E-state index is 12.8. The monoisotopic (exact) mass is 384 g/mol. The average molecular weight is 385 g/mol. The lowest BCUT2D eigenvalue weighted by atomic mass is 10.2. The van der Waals surface area contributed by atoms with Crippen LogP contribution in [0, 0.1) is 5.82 Å². The highest BCUT2D eigenvalue weighted by Gasteiger charge is 2.20. The Kier molecular flexibility index (Phi) is 6.52. The number of halogens is 2. The van der Waals surface area contributed by atoms with Gasteiger partial charge in [-0.2, -0.15) is 0 Å². The van der Waals surface area contributed by atoms with Gasteiger partial charge in [0, 0.05) is 30.7 Å². The Bertz CT molecular complexity index is 824. The van der Waals surface area contributed by atoms with Gasteiger partial charge < -0.3 is 5.32 Å². The minimum Gasteiger partial charge on any atom is -0.326 e. The van der Waals surface area contributed by atoms with Gasteiger partial charge in [-0.05, 0) is 55.0 Å². The van der Waals surface area contributed by atoms with E-state index in [1.54, 1.807) is 0 Å². The molecule has 0 fully saturated rings. The van der Waals surface area contributed by atoms with Gasteiger partial charge in [0.2, 0.25) is 15.9 Å². The Labute approximate surface area is 151 Å². The van der Waals surface area contributed by atoms with Crippen LogP contribution in [0.25, 0.3) is 0 Å². The van der Waals surface area contributed by atoms with E-state index in [9.17, 15) is 17.6 Å². The van der Waals surface area contributed by atoms with Gasteiger partial charge in [-0.25, -0.2) is 17.1 Å². The van der Waals surface area contributed by atoms with Gasteiger partial charge in [0.15, 0.2) is 0 Å². The van der Waals surface area contributed by atoms with Crippen molar-refractivity contribution in [2.75, 3.05) is 18.9 Å². The van der Waals surface area contributed by atoms with E-state index in [1.807, 2.05) is 0 Å². The molecule has 2 aromatic rings. The normalized spacial score (nSPS) is 11.5. The SMILES string of the molecule is CN(CCCC(=O)Nc1ccc(F)cc1)S(=O)(=O)c1ccc(Cl)cc1. The first kappa shape index (κ1) is 19.4. The standard InChI is InChI=1S/C17H18ClFN2O3S/c1-21(25(23,24)16-10-4-13(18)5-11-16)12-2-3-17(22)20-15-8-6-14(19)7-9-15/h4-11H,2-3,12H2,1H3,(H,20,22). The molecule has 0 saturated heterocycles. The summed E-state index contributed by atoms with van der Waals surface area (Å²) in [4.78, 5) is 12.0. The molecular formula is C17H18ClFN2O3S. The second kappa shape index (κ2) is 8.42. The fraction of sp³-hybridized carbons (Fsp3) is 0.235. The molecule has 25 heavy (non-hydrogen) atoms. The first-order valence-corrected chi connectivity index (χ1v) is 9.38. The molecule has 0 saturated carbocycles. The maximum Gasteiger partial charge on any atom is 0.242 e. The number of anilines is 1. The van der Waals surface area contributed by atoms with Crippen LogP contribution in [0.5, 0.6) is 0 Å². The molecular weight excluding hydrogens is 367 g/mol. The second-order valence-corrected chi connectivity index (χ2v) is 7.92. The van der Waals surface area contributed by atoms with Gasteiger partial charge in [0.1, 0.15) is 5.82 Å². The van der Waals surface area contributed by atoms with Crippen molar-refractivity contribution in [2.45, 2.75) is 17.7 Å². The number of hydrogen-bond donors (Lipinski definition) is 1. The van der Waals surface area contributed by atoms with E-state index in [1.165, 1.54) is 59.9 Å². The van der Waals surface area contributed by atoms with E-state index in [-0.39, 0.29) is 29.6 Å². The number of carbonyl (C=O) groups is 1. The minimum atomic E-state index is -3.62. The zero-order chi connectivity index (χ0) is 18.4. The lowest BCUT2D eigenvalue weighted by Crippen LogP contribution is -2.28. The average Bonchev–Trinajstić information content (AvgIpc) is 2.57. The molecule has 2 rings (SSSR count). The van der Waals surface area contributed by atoms with Crippen LogP contribution in [-0.4, -0.2) is 32.2 Å². The molecule has 5 nitrogen and oxygen atoms in total. The summed E-state index contributed by atoms with van der Waals surface area (Å²) in [6.07, 6.45) is 0.508. The van der Waals surface area contributed by atoms with Crippen molar-refractivity contribution >= 4 is 33.2 Å². The lowest BCUT2D eigenvalue weighted by molar-refractivity contribution is -0.116. The van der Waals surface area contributed by atoms with Crippen molar-refractivity contribution in [2.24, 2.45) is 0 Å². The Morgan fingerprint density at radius 3 is 2.32 bits per heavy atom. The van der Waals surface area contributed by atoms with Gasteiger partial charge in [-0.15, -0.1) is 0 Å². The van der Waals surface area contributed by atoms with Gasteiger partial charge in [0.25, 0.3) is 0 Å². The smallest absolute Gasteiger partial charge is 0.242 e. The van der Waals surface area contributed by atoms with Crippen molar-refractivity contribution in [3.63, 3.8) is 0 Å². The molecule has 0 atom stereocenters. The summed E-state index contributed by atoms with van der Waals surface area (Å²) >= 11 is 5.76. The number of carbonyl (C=O) groups excluding carboxylic acids is 1. The highest BCUT2D eigenvalue weighted by molar-refractivity contribution is 7.89. The number of nitrogens with one attached hydrogen (secondary N) is 1. The first-order chi connectivity index (χ1) is 11.8. The summed E-state index contributed by atoms with van der Waals surface area (Å²) in [6.45, 7) is 0.196. The van der Waals surface area contributed by atoms with Gasteiger partial charge in [0.05, 0.1) is 4.90 Å². The predicted molar refractivity (Wildman–Crippen MR) is 95.5 cm³/mol. The Hall–Kier alpha value is -1.96. The highest BCUT2D eigenvalue weighted by atomic mass is 35.5. The van der Waals surface area contributed by atoms with Crippen molar-refractivity contribution < 1.29 is 17.6 Å². The van der Waals surface area contributed by atoms with Crippen LogP contribution in [0.3, 0.4) is 0 Å². The Morgan fingerprint density at radius 2 is 1.72 bits per heavy atom. The van der Waals surface area contributed by atoms with Crippen LogP contribution in [0.2, 0.25) is 5.02 Å². The van der Waals surface area contributed by atoms with E-state index < -0.39 is 10.0 Å². The van der Waals surface area contributed by atoms with Crippen LogP contribution < -0.4 is 5.32 Å². The third-order valence-corrected chi connectivity index (χ3v) is 5.65. The lowest BCUT2D eigenvalue weighted by Gasteiger charge is -2.17. The molecule has 0 heterocycles. The molecule has 1 amide bonds. The summed E-state index contributed by atoms with van der Waals surface area (Å²) in [5, 5.41) is 3.09. The summed E-state index contributed by atoms with van der Waals surface area (Å²) in [7, 11) is -2.16. The third-order valence-electron chi connectivity index (χ3n) is 3.53. The van der Waals surface area contributed by atoms with Gasteiger partial charge in [-0.1, -0.05) is 11.6 Å². The number of rotatable bonds is 7. The predicted octanol–water partition coefficient (Wildman–Crippen LogP) is 3.52. The van der Waals surface area contributed by atoms with E-state index >= 15 is 0 Å². The molecule has 0 bridgehead atoms. The van der Waals surface area contributed by atoms with E-state index in [4.69, 9.17) is 11.6 Å². The fourth-order valence-corrected chi connectivity index (χ4v) is 3.46. The fourth-order valence-electron chi connectivity index (χ4n) is 2.13. The Morgan fingerprint density at radius 1 is 1.12 bits per heavy atom. The molecule has 0 spiro atoms. The zero-order valence-electron chi connectivity index (χ0n) is 13.6. The molecule has 0 radical (unpaired) electrons. The van der Waals surface area contributed by atoms with Crippen LogP contribution in [0.15, 0.2) is 53.4 Å². The second-order valence-electron chi connectivity index (χ2n) is 5.44. The third kappa shape index (κ3) is 5.52. The molecule has 0 aromatic heterocycles. The van der Waals surface area contributed by atoms with Crippen molar-refractivity contribution in [1.29, 1.82) is 0 Å². The van der Waals surface area contributed by atoms with Crippen molar-refractivity contribution in [3.05, 3.63) is 59.4 Å². The summed E-state index contributed by atoms with van der Waals surface area (Å²) < 4.78 is 38.8. The van der Waals surface area contributed by atoms with Crippen LogP contribution in [0.4, 0.5) is 10.1 Å². The van der Waals surface area contributed by atoms with Crippen molar-refractivity contribution in [3.8, 4) is 0 Å². The van der Waals surface area contributed by atoms with Crippen LogP contribution in [0.1, 0.15) is 12.8 Å². The highest BCUT2D eigenvalue weighted by Crippen LogP contribution is 2.18. The van der Waals surface area contributed by atoms with Crippen molar-refractivity contribution in [1.82, 2.24) is 4.31 Å².